The molecule has 9 heteroatoms. The molecule has 0 radical (unpaired) electrons. The topological polar surface area (TPSA) is 90.5 Å². The fourth-order valence-corrected chi connectivity index (χ4v) is 4.20. The first-order valence-corrected chi connectivity index (χ1v) is 9.66. The third-order valence-electron chi connectivity index (χ3n) is 5.63. The second-order valence-electron chi connectivity index (χ2n) is 7.22. The number of methoxy groups -OCH3 is 1. The summed E-state index contributed by atoms with van der Waals surface area (Å²) < 4.78 is 4.99. The molecular weight excluding hydrogens is 346 g/mol. The summed E-state index contributed by atoms with van der Waals surface area (Å²) in [5.41, 5.74) is 1.63. The van der Waals surface area contributed by atoms with Crippen LogP contribution in [0.5, 0.6) is 0 Å². The quantitative estimate of drug-likeness (QED) is 0.835. The van der Waals surface area contributed by atoms with E-state index in [4.69, 9.17) is 4.74 Å². The molecular formula is C18H27N7O2. The molecule has 0 aromatic carbocycles. The lowest BCUT2D eigenvalue weighted by Gasteiger charge is -2.38. The van der Waals surface area contributed by atoms with Gasteiger partial charge in [0.1, 0.15) is 18.5 Å². The fraction of sp³-hybridized carbons (Fsp3) is 0.667. The Morgan fingerprint density at radius 1 is 1.15 bits per heavy atom. The maximum absolute atomic E-state index is 12.1. The summed E-state index contributed by atoms with van der Waals surface area (Å²) in [6.45, 7) is 5.74. The maximum atomic E-state index is 12.1. The maximum Gasteiger partial charge on any atom is 0.248 e. The Labute approximate surface area is 158 Å². The van der Waals surface area contributed by atoms with Crippen LogP contribution in [0, 0.1) is 0 Å². The lowest BCUT2D eigenvalue weighted by atomic mass is 10.0. The Bertz CT molecular complexity index is 772. The molecule has 4 rings (SSSR count). The number of aromatic nitrogens is 4. The molecule has 0 spiro atoms. The number of nitrogens with zero attached hydrogens (tertiary/aromatic N) is 6. The van der Waals surface area contributed by atoms with E-state index in [0.29, 0.717) is 6.04 Å². The van der Waals surface area contributed by atoms with E-state index in [1.165, 1.54) is 0 Å². The number of carbonyl (C=O) groups excluding carboxylic acids is 1. The molecule has 4 heterocycles. The van der Waals surface area contributed by atoms with Crippen molar-refractivity contribution in [1.29, 1.82) is 0 Å². The number of rotatable bonds is 4. The van der Waals surface area contributed by atoms with Crippen LogP contribution in [0.3, 0.4) is 0 Å². The van der Waals surface area contributed by atoms with Crippen LogP contribution in [0.4, 0.5) is 5.82 Å². The van der Waals surface area contributed by atoms with Gasteiger partial charge in [0.2, 0.25) is 5.91 Å². The molecule has 2 aliphatic rings. The molecule has 1 N–H and O–H groups in total. The Morgan fingerprint density at radius 2 is 2.00 bits per heavy atom. The summed E-state index contributed by atoms with van der Waals surface area (Å²) in [4.78, 5) is 35.0. The number of imidazole rings is 1. The fourth-order valence-electron chi connectivity index (χ4n) is 4.20. The number of anilines is 1. The molecule has 1 amide bonds. The molecule has 0 saturated carbocycles. The molecule has 0 unspecified atom stereocenters. The second-order valence-corrected chi connectivity index (χ2v) is 7.22. The monoisotopic (exact) mass is 373 g/mol. The third-order valence-corrected chi connectivity index (χ3v) is 5.63. The molecule has 0 bridgehead atoms. The average Bonchev–Trinajstić information content (AvgIpc) is 3.04. The van der Waals surface area contributed by atoms with Gasteiger partial charge >= 0.3 is 0 Å². The summed E-state index contributed by atoms with van der Waals surface area (Å²) in [6.07, 6.45) is 6.49. The van der Waals surface area contributed by atoms with Gasteiger partial charge in [-0.25, -0.2) is 15.0 Å². The van der Waals surface area contributed by atoms with Crippen LogP contribution in [0.15, 0.2) is 12.7 Å². The minimum Gasteiger partial charge on any atom is -0.375 e. The van der Waals surface area contributed by atoms with Gasteiger partial charge in [0, 0.05) is 52.4 Å². The van der Waals surface area contributed by atoms with Gasteiger partial charge in [0.15, 0.2) is 11.5 Å². The second kappa shape index (κ2) is 8.18. The van der Waals surface area contributed by atoms with Crippen molar-refractivity contribution >= 4 is 22.9 Å². The zero-order chi connectivity index (χ0) is 18.6. The molecule has 146 valence electrons. The van der Waals surface area contributed by atoms with Gasteiger partial charge < -0.3 is 19.5 Å². The summed E-state index contributed by atoms with van der Waals surface area (Å²) in [5.74, 6) is 1.05. The molecule has 2 aromatic rings. The minimum atomic E-state index is 0.0986. The van der Waals surface area contributed by atoms with Gasteiger partial charge in [0.25, 0.3) is 0 Å². The van der Waals surface area contributed by atoms with Crippen molar-refractivity contribution < 1.29 is 9.53 Å². The van der Waals surface area contributed by atoms with E-state index >= 15 is 0 Å². The van der Waals surface area contributed by atoms with Crippen LogP contribution in [-0.4, -0.2) is 94.7 Å². The van der Waals surface area contributed by atoms with E-state index in [-0.39, 0.29) is 12.5 Å². The number of nitrogens with one attached hydrogen (secondary N) is 1. The Kier molecular flexibility index (Phi) is 5.49. The van der Waals surface area contributed by atoms with E-state index in [1.54, 1.807) is 19.8 Å². The molecule has 0 aliphatic carbocycles. The standard InChI is InChI=1S/C18H27N7O2/c1-27-11-15(26)24-6-2-5-23(9-10-24)14-3-7-25(8-4-14)18-16-17(20-12-19-16)21-13-22-18/h12-14H,2-11H2,1H3,(H,19,20,21,22). The lowest BCUT2D eigenvalue weighted by molar-refractivity contribution is -0.135. The predicted octanol–water partition coefficient (Wildman–Crippen LogP) is 0.502. The highest BCUT2D eigenvalue weighted by Gasteiger charge is 2.28. The molecule has 2 aliphatic heterocycles. The lowest BCUT2D eigenvalue weighted by Crippen LogP contribution is -2.46. The van der Waals surface area contributed by atoms with Crippen molar-refractivity contribution in [2.75, 3.05) is 57.9 Å². The van der Waals surface area contributed by atoms with Crippen LogP contribution in [0.25, 0.3) is 11.2 Å². The van der Waals surface area contributed by atoms with E-state index in [0.717, 1.165) is 75.5 Å². The van der Waals surface area contributed by atoms with Crippen molar-refractivity contribution in [3.8, 4) is 0 Å². The van der Waals surface area contributed by atoms with Crippen molar-refractivity contribution in [3.63, 3.8) is 0 Å². The Hall–Kier alpha value is -2.26. The van der Waals surface area contributed by atoms with Crippen LogP contribution in [0.2, 0.25) is 0 Å². The summed E-state index contributed by atoms with van der Waals surface area (Å²) in [7, 11) is 1.57. The van der Waals surface area contributed by atoms with Gasteiger partial charge in [-0.15, -0.1) is 0 Å². The van der Waals surface area contributed by atoms with Crippen molar-refractivity contribution in [1.82, 2.24) is 29.7 Å². The number of H-pyrrole nitrogens is 1. The van der Waals surface area contributed by atoms with Crippen LogP contribution in [0.1, 0.15) is 19.3 Å². The normalized spacial score (nSPS) is 20.2. The van der Waals surface area contributed by atoms with E-state index in [1.807, 2.05) is 4.90 Å². The van der Waals surface area contributed by atoms with Crippen molar-refractivity contribution in [2.45, 2.75) is 25.3 Å². The number of fused-ring (bicyclic) bond motifs is 1. The van der Waals surface area contributed by atoms with Crippen LogP contribution < -0.4 is 4.90 Å². The number of aromatic amines is 1. The third kappa shape index (κ3) is 3.89. The Balaban J connectivity index is 1.34. The molecule has 9 nitrogen and oxygen atoms in total. The number of carbonyl (C=O) groups is 1. The van der Waals surface area contributed by atoms with Gasteiger partial charge in [-0.2, -0.15) is 0 Å². The number of ether oxygens (including phenoxy) is 1. The summed E-state index contributed by atoms with van der Waals surface area (Å²) in [6, 6.07) is 0.567. The molecule has 2 aromatic heterocycles. The smallest absolute Gasteiger partial charge is 0.248 e. The van der Waals surface area contributed by atoms with Crippen LogP contribution in [-0.2, 0) is 9.53 Å². The Morgan fingerprint density at radius 3 is 2.81 bits per heavy atom. The van der Waals surface area contributed by atoms with E-state index in [2.05, 4.69) is 29.7 Å². The first-order chi connectivity index (χ1) is 13.3. The average molecular weight is 373 g/mol. The van der Waals surface area contributed by atoms with Gasteiger partial charge in [-0.1, -0.05) is 0 Å². The zero-order valence-electron chi connectivity index (χ0n) is 15.8. The highest BCUT2D eigenvalue weighted by atomic mass is 16.5. The van der Waals surface area contributed by atoms with Crippen molar-refractivity contribution in [2.24, 2.45) is 0 Å². The first kappa shape index (κ1) is 18.1. The summed E-state index contributed by atoms with van der Waals surface area (Å²) >= 11 is 0. The highest BCUT2D eigenvalue weighted by molar-refractivity contribution is 5.82. The van der Waals surface area contributed by atoms with Crippen LogP contribution >= 0.6 is 0 Å². The molecule has 0 atom stereocenters. The van der Waals surface area contributed by atoms with Gasteiger partial charge in [-0.3, -0.25) is 9.69 Å². The summed E-state index contributed by atoms with van der Waals surface area (Å²) in [5, 5.41) is 0. The number of amides is 1. The number of hydrogen-bond acceptors (Lipinski definition) is 7. The predicted molar refractivity (Wildman–Crippen MR) is 102 cm³/mol. The van der Waals surface area contributed by atoms with Gasteiger partial charge in [0.05, 0.1) is 6.33 Å². The number of piperidine rings is 1. The first-order valence-electron chi connectivity index (χ1n) is 9.66. The van der Waals surface area contributed by atoms with E-state index < -0.39 is 0 Å². The molecule has 2 fully saturated rings. The zero-order valence-corrected chi connectivity index (χ0v) is 15.8. The number of hydrogen-bond donors (Lipinski definition) is 1. The van der Waals surface area contributed by atoms with E-state index in [9.17, 15) is 4.79 Å². The molecule has 2 saturated heterocycles. The van der Waals surface area contributed by atoms with Gasteiger partial charge in [-0.05, 0) is 19.3 Å². The SMILES string of the molecule is COCC(=O)N1CCCN(C2CCN(c3ncnc4nc[nH]c34)CC2)CC1. The van der Waals surface area contributed by atoms with Crippen molar-refractivity contribution in [3.05, 3.63) is 12.7 Å². The highest BCUT2D eigenvalue weighted by Crippen LogP contribution is 2.25. The molecule has 27 heavy (non-hydrogen) atoms. The minimum absolute atomic E-state index is 0.0986. The largest absolute Gasteiger partial charge is 0.375 e.